The molecule has 2 amide bonds. The maximum atomic E-state index is 13.1. The van der Waals surface area contributed by atoms with Crippen LogP contribution in [0.2, 0.25) is 0 Å². The minimum absolute atomic E-state index is 0.0316. The zero-order valence-corrected chi connectivity index (χ0v) is 18.5. The zero-order chi connectivity index (χ0) is 22.0. The minimum atomic E-state index is -0.259. The normalized spacial score (nSPS) is 19.7. The van der Waals surface area contributed by atoms with E-state index in [2.05, 4.69) is 17.1 Å². The number of rotatable bonds is 5. The van der Waals surface area contributed by atoms with Gasteiger partial charge in [0.2, 0.25) is 17.7 Å². The van der Waals surface area contributed by atoms with Crippen LogP contribution < -0.4 is 9.64 Å². The first kappa shape index (κ1) is 21.3. The van der Waals surface area contributed by atoms with Gasteiger partial charge in [-0.3, -0.25) is 9.59 Å². The van der Waals surface area contributed by atoms with Crippen LogP contribution in [-0.2, 0) is 9.59 Å². The Labute approximate surface area is 183 Å². The van der Waals surface area contributed by atoms with Gasteiger partial charge in [-0.25, -0.2) is 0 Å². The van der Waals surface area contributed by atoms with Crippen LogP contribution in [-0.4, -0.2) is 53.2 Å². The van der Waals surface area contributed by atoms with Crippen LogP contribution in [0, 0.1) is 32.6 Å². The quantitative estimate of drug-likeness (QED) is 0.740. The lowest BCUT2D eigenvalue weighted by Gasteiger charge is -2.33. The standard InChI is InChI=1S/C24H30N4O3/c1-16-4-6-21(12-17(16)2)28-14-20(13-23(28)29)24(30)27-10-8-19(9-11-27)15-31-22-7-5-18(3)25-26-22/h4-7,12,19-20H,8-11,13-15H2,1-3H3. The fourth-order valence-electron chi connectivity index (χ4n) is 4.26. The number of nitrogens with zero attached hydrogens (tertiary/aromatic N) is 4. The summed E-state index contributed by atoms with van der Waals surface area (Å²) in [5.41, 5.74) is 4.10. The summed E-state index contributed by atoms with van der Waals surface area (Å²) in [5.74, 6) is 0.807. The molecule has 0 aliphatic carbocycles. The number of carbonyl (C=O) groups is 2. The molecular weight excluding hydrogens is 392 g/mol. The van der Waals surface area contributed by atoms with Gasteiger partial charge in [0.15, 0.2) is 0 Å². The molecule has 0 saturated carbocycles. The molecular formula is C24H30N4O3. The van der Waals surface area contributed by atoms with Crippen LogP contribution >= 0.6 is 0 Å². The van der Waals surface area contributed by atoms with Gasteiger partial charge in [0.25, 0.3) is 0 Å². The van der Waals surface area contributed by atoms with E-state index >= 15 is 0 Å². The monoisotopic (exact) mass is 422 g/mol. The van der Waals surface area contributed by atoms with E-state index in [-0.39, 0.29) is 17.7 Å². The molecule has 1 atom stereocenters. The van der Waals surface area contributed by atoms with E-state index in [4.69, 9.17) is 4.74 Å². The summed E-state index contributed by atoms with van der Waals surface area (Å²) in [6.07, 6.45) is 2.08. The van der Waals surface area contributed by atoms with Crippen molar-refractivity contribution in [3.8, 4) is 5.88 Å². The Morgan fingerprint density at radius 3 is 2.52 bits per heavy atom. The molecule has 1 unspecified atom stereocenters. The smallest absolute Gasteiger partial charge is 0.233 e. The molecule has 2 aromatic rings. The van der Waals surface area contributed by atoms with E-state index in [1.54, 1.807) is 4.90 Å². The Kier molecular flexibility index (Phi) is 6.20. The highest BCUT2D eigenvalue weighted by atomic mass is 16.5. The number of anilines is 1. The third-order valence-electron chi connectivity index (χ3n) is 6.44. The van der Waals surface area contributed by atoms with Crippen molar-refractivity contribution in [1.82, 2.24) is 15.1 Å². The van der Waals surface area contributed by atoms with Gasteiger partial charge in [-0.1, -0.05) is 6.07 Å². The van der Waals surface area contributed by atoms with Crippen molar-refractivity contribution >= 4 is 17.5 Å². The third-order valence-corrected chi connectivity index (χ3v) is 6.44. The van der Waals surface area contributed by atoms with Crippen molar-refractivity contribution in [3.05, 3.63) is 47.2 Å². The average molecular weight is 423 g/mol. The molecule has 0 spiro atoms. The molecule has 1 aromatic heterocycles. The fraction of sp³-hybridized carbons (Fsp3) is 0.500. The molecule has 0 bridgehead atoms. The largest absolute Gasteiger partial charge is 0.476 e. The number of carbonyl (C=O) groups excluding carboxylic acids is 2. The van der Waals surface area contributed by atoms with Crippen molar-refractivity contribution in [2.24, 2.45) is 11.8 Å². The van der Waals surface area contributed by atoms with Crippen molar-refractivity contribution in [2.45, 2.75) is 40.0 Å². The van der Waals surface area contributed by atoms with Crippen molar-refractivity contribution in [2.75, 3.05) is 31.1 Å². The Balaban J connectivity index is 1.28. The summed E-state index contributed by atoms with van der Waals surface area (Å²) >= 11 is 0. The van der Waals surface area contributed by atoms with E-state index in [1.807, 2.05) is 49.1 Å². The molecule has 4 rings (SSSR count). The molecule has 3 heterocycles. The topological polar surface area (TPSA) is 75.6 Å². The first-order valence-electron chi connectivity index (χ1n) is 11.0. The van der Waals surface area contributed by atoms with Crippen LogP contribution in [0.4, 0.5) is 5.69 Å². The number of amides is 2. The molecule has 0 radical (unpaired) electrons. The van der Waals surface area contributed by atoms with Crippen LogP contribution in [0.25, 0.3) is 0 Å². The number of hydrogen-bond acceptors (Lipinski definition) is 5. The predicted octanol–water partition coefficient (Wildman–Crippen LogP) is 3.07. The highest BCUT2D eigenvalue weighted by Crippen LogP contribution is 2.29. The van der Waals surface area contributed by atoms with Crippen LogP contribution in [0.15, 0.2) is 30.3 Å². The lowest BCUT2D eigenvalue weighted by atomic mass is 9.96. The van der Waals surface area contributed by atoms with Crippen LogP contribution in [0.3, 0.4) is 0 Å². The second kappa shape index (κ2) is 9.04. The second-order valence-corrected chi connectivity index (χ2v) is 8.77. The van der Waals surface area contributed by atoms with E-state index in [1.165, 1.54) is 5.56 Å². The van der Waals surface area contributed by atoms with E-state index in [0.717, 1.165) is 29.8 Å². The Bertz CT molecular complexity index is 952. The number of aryl methyl sites for hydroxylation is 3. The summed E-state index contributed by atoms with van der Waals surface area (Å²) in [4.78, 5) is 29.3. The molecule has 7 nitrogen and oxygen atoms in total. The van der Waals surface area contributed by atoms with Gasteiger partial charge in [0.05, 0.1) is 18.2 Å². The maximum absolute atomic E-state index is 13.1. The van der Waals surface area contributed by atoms with Crippen LogP contribution in [0.5, 0.6) is 5.88 Å². The number of benzene rings is 1. The van der Waals surface area contributed by atoms with E-state index in [9.17, 15) is 9.59 Å². The van der Waals surface area contributed by atoms with Gasteiger partial charge in [-0.2, -0.15) is 5.10 Å². The lowest BCUT2D eigenvalue weighted by molar-refractivity contribution is -0.137. The molecule has 2 aliphatic rings. The molecule has 2 aliphatic heterocycles. The second-order valence-electron chi connectivity index (χ2n) is 8.77. The van der Waals surface area contributed by atoms with Gasteiger partial charge < -0.3 is 14.5 Å². The van der Waals surface area contributed by atoms with Gasteiger partial charge in [0, 0.05) is 37.8 Å². The van der Waals surface area contributed by atoms with Crippen LogP contribution in [0.1, 0.15) is 36.1 Å². The van der Waals surface area contributed by atoms with Crippen molar-refractivity contribution < 1.29 is 14.3 Å². The lowest BCUT2D eigenvalue weighted by Crippen LogP contribution is -2.43. The van der Waals surface area contributed by atoms with Gasteiger partial charge >= 0.3 is 0 Å². The van der Waals surface area contributed by atoms with E-state index in [0.29, 0.717) is 44.5 Å². The molecule has 2 fully saturated rings. The van der Waals surface area contributed by atoms with Gasteiger partial charge in [-0.15, -0.1) is 5.10 Å². The summed E-state index contributed by atoms with van der Waals surface area (Å²) in [6, 6.07) is 9.75. The van der Waals surface area contributed by atoms with E-state index < -0.39 is 0 Å². The average Bonchev–Trinajstić information content (AvgIpc) is 3.17. The zero-order valence-electron chi connectivity index (χ0n) is 18.5. The first-order chi connectivity index (χ1) is 14.9. The maximum Gasteiger partial charge on any atom is 0.233 e. The SMILES string of the molecule is Cc1ccc(OCC2CCN(C(=O)C3CC(=O)N(c4ccc(C)c(C)c4)C3)CC2)nn1. The van der Waals surface area contributed by atoms with Gasteiger partial charge in [-0.05, 0) is 68.9 Å². The Hall–Kier alpha value is -2.96. The van der Waals surface area contributed by atoms with Gasteiger partial charge in [0.1, 0.15) is 0 Å². The Morgan fingerprint density at radius 1 is 1.06 bits per heavy atom. The summed E-state index contributed by atoms with van der Waals surface area (Å²) in [7, 11) is 0. The third kappa shape index (κ3) is 4.86. The van der Waals surface area contributed by atoms with Crippen molar-refractivity contribution in [3.63, 3.8) is 0 Å². The summed E-state index contributed by atoms with van der Waals surface area (Å²) < 4.78 is 5.76. The van der Waals surface area contributed by atoms with Crippen molar-refractivity contribution in [1.29, 1.82) is 0 Å². The predicted molar refractivity (Wildman–Crippen MR) is 118 cm³/mol. The molecule has 1 aromatic carbocycles. The fourth-order valence-corrected chi connectivity index (χ4v) is 4.26. The number of aromatic nitrogens is 2. The number of ether oxygens (including phenoxy) is 1. The summed E-state index contributed by atoms with van der Waals surface area (Å²) in [5, 5.41) is 8.04. The Morgan fingerprint density at radius 2 is 1.84 bits per heavy atom. The number of piperidine rings is 1. The molecule has 7 heteroatoms. The number of hydrogen-bond donors (Lipinski definition) is 0. The first-order valence-corrected chi connectivity index (χ1v) is 11.0. The molecule has 2 saturated heterocycles. The number of likely N-dealkylation sites (tertiary alicyclic amines) is 1. The highest BCUT2D eigenvalue weighted by molar-refractivity contribution is 6.00. The molecule has 31 heavy (non-hydrogen) atoms. The molecule has 0 N–H and O–H groups in total. The minimum Gasteiger partial charge on any atom is -0.476 e. The summed E-state index contributed by atoms with van der Waals surface area (Å²) in [6.45, 7) is 8.46. The highest BCUT2D eigenvalue weighted by Gasteiger charge is 2.38. The molecule has 164 valence electrons.